The van der Waals surface area contributed by atoms with Gasteiger partial charge in [-0.3, -0.25) is 4.79 Å². The highest BCUT2D eigenvalue weighted by molar-refractivity contribution is 5.81. The van der Waals surface area contributed by atoms with Crippen molar-refractivity contribution in [3.05, 3.63) is 0 Å². The molecule has 0 spiro atoms. The molecule has 0 bridgehead atoms. The van der Waals surface area contributed by atoms with E-state index in [1.807, 2.05) is 0 Å². The molecule has 3 atom stereocenters. The van der Waals surface area contributed by atoms with Gasteiger partial charge < -0.3 is 4.74 Å². The van der Waals surface area contributed by atoms with Crippen LogP contribution in [0.2, 0.25) is 0 Å². The van der Waals surface area contributed by atoms with E-state index in [1.54, 1.807) is 7.11 Å². The molecule has 0 heterocycles. The minimum atomic E-state index is 0.305. The number of carbonyl (C=O) groups excluding carboxylic acids is 1. The Morgan fingerprint density at radius 3 is 2.62 bits per heavy atom. The summed E-state index contributed by atoms with van der Waals surface area (Å²) in [4.78, 5) is 12.6. The molecule has 1 aliphatic rings. The molecule has 0 aromatic rings. The molecule has 2 heteroatoms. The normalized spacial score (nSPS) is 26.2. The summed E-state index contributed by atoms with van der Waals surface area (Å²) in [7, 11) is 1.76. The number of ether oxygens (including phenoxy) is 1. The summed E-state index contributed by atoms with van der Waals surface area (Å²) >= 11 is 0. The molecule has 1 rings (SSSR count). The number of rotatable bonds is 10. The zero-order valence-corrected chi connectivity index (χ0v) is 14.7. The van der Waals surface area contributed by atoms with Crippen LogP contribution < -0.4 is 0 Å². The van der Waals surface area contributed by atoms with Crippen LogP contribution in [0.5, 0.6) is 0 Å². The molecule has 2 nitrogen and oxygen atoms in total. The van der Waals surface area contributed by atoms with Crippen molar-refractivity contribution in [3.63, 3.8) is 0 Å². The summed E-state index contributed by atoms with van der Waals surface area (Å²) in [5, 5.41) is 0. The topological polar surface area (TPSA) is 26.3 Å². The number of Topliss-reactive ketones (excluding diaryl/α,β-unsaturated/α-hetero) is 1. The first-order valence-corrected chi connectivity index (χ1v) is 9.07. The maximum absolute atomic E-state index is 12.6. The van der Waals surface area contributed by atoms with Gasteiger partial charge in [0.1, 0.15) is 5.78 Å². The predicted molar refractivity (Wildman–Crippen MR) is 89.4 cm³/mol. The van der Waals surface area contributed by atoms with Crippen LogP contribution >= 0.6 is 0 Å². The van der Waals surface area contributed by atoms with Crippen LogP contribution in [0.15, 0.2) is 0 Å². The highest BCUT2D eigenvalue weighted by atomic mass is 16.5. The van der Waals surface area contributed by atoms with Crippen molar-refractivity contribution in [3.8, 4) is 0 Å². The molecule has 0 N–H and O–H groups in total. The molecule has 0 radical (unpaired) electrons. The molecular formula is C19H36O2. The molecule has 1 fully saturated rings. The van der Waals surface area contributed by atoms with E-state index in [-0.39, 0.29) is 0 Å². The van der Waals surface area contributed by atoms with Gasteiger partial charge in [0.2, 0.25) is 0 Å². The zero-order chi connectivity index (χ0) is 15.7. The Morgan fingerprint density at radius 2 is 1.95 bits per heavy atom. The SMILES string of the molecule is COCCC1CCCC(C)C1C(=O)CCCCCC(C)C. The van der Waals surface area contributed by atoms with Crippen molar-refractivity contribution in [2.24, 2.45) is 23.7 Å². The summed E-state index contributed by atoms with van der Waals surface area (Å²) in [5.41, 5.74) is 0. The molecule has 0 aromatic carbocycles. The average molecular weight is 296 g/mol. The molecule has 3 unspecified atom stereocenters. The van der Waals surface area contributed by atoms with Gasteiger partial charge in [-0.25, -0.2) is 0 Å². The van der Waals surface area contributed by atoms with Crippen LogP contribution in [0.1, 0.15) is 78.6 Å². The van der Waals surface area contributed by atoms with E-state index in [4.69, 9.17) is 4.74 Å². The first-order valence-electron chi connectivity index (χ1n) is 9.07. The van der Waals surface area contributed by atoms with Gasteiger partial charge >= 0.3 is 0 Å². The van der Waals surface area contributed by atoms with Crippen molar-refractivity contribution in [2.45, 2.75) is 78.6 Å². The Balaban J connectivity index is 2.36. The van der Waals surface area contributed by atoms with Gasteiger partial charge in [0, 0.05) is 26.1 Å². The summed E-state index contributed by atoms with van der Waals surface area (Å²) in [5.74, 6) is 2.77. The summed E-state index contributed by atoms with van der Waals surface area (Å²) in [6.07, 6.45) is 10.5. The molecule has 124 valence electrons. The van der Waals surface area contributed by atoms with Crippen LogP contribution in [0.4, 0.5) is 0 Å². The van der Waals surface area contributed by atoms with Gasteiger partial charge in [-0.2, -0.15) is 0 Å². The second-order valence-corrected chi connectivity index (χ2v) is 7.44. The molecule has 0 saturated heterocycles. The number of hydrogen-bond donors (Lipinski definition) is 0. The summed E-state index contributed by atoms with van der Waals surface area (Å²) in [6.45, 7) is 7.63. The number of ketones is 1. The van der Waals surface area contributed by atoms with Gasteiger partial charge in [0.25, 0.3) is 0 Å². The lowest BCUT2D eigenvalue weighted by atomic mass is 9.69. The van der Waals surface area contributed by atoms with Crippen molar-refractivity contribution < 1.29 is 9.53 Å². The minimum Gasteiger partial charge on any atom is -0.385 e. The highest BCUT2D eigenvalue weighted by Crippen LogP contribution is 2.38. The standard InChI is InChI=1S/C19H36O2/c1-15(2)9-6-5-7-12-18(20)19-16(3)10-8-11-17(19)13-14-21-4/h15-17,19H,5-14H2,1-4H3. The summed E-state index contributed by atoms with van der Waals surface area (Å²) in [6, 6.07) is 0. The maximum atomic E-state index is 12.6. The van der Waals surface area contributed by atoms with Crippen LogP contribution in [-0.4, -0.2) is 19.5 Å². The lowest BCUT2D eigenvalue weighted by molar-refractivity contribution is -0.128. The lowest BCUT2D eigenvalue weighted by Crippen LogP contribution is -2.34. The number of carbonyl (C=O) groups is 1. The number of unbranched alkanes of at least 4 members (excludes halogenated alkanes) is 2. The Kier molecular flexibility index (Phi) is 9.23. The van der Waals surface area contributed by atoms with E-state index in [0.717, 1.165) is 31.8 Å². The van der Waals surface area contributed by atoms with E-state index < -0.39 is 0 Å². The lowest BCUT2D eigenvalue weighted by Gasteiger charge is -2.35. The third-order valence-electron chi connectivity index (χ3n) is 5.12. The third-order valence-corrected chi connectivity index (χ3v) is 5.12. The van der Waals surface area contributed by atoms with E-state index in [0.29, 0.717) is 23.5 Å². The molecule has 1 saturated carbocycles. The van der Waals surface area contributed by atoms with Crippen molar-refractivity contribution in [1.82, 2.24) is 0 Å². The second kappa shape index (κ2) is 10.4. The van der Waals surface area contributed by atoms with Crippen molar-refractivity contribution in [2.75, 3.05) is 13.7 Å². The molecular weight excluding hydrogens is 260 g/mol. The first-order chi connectivity index (χ1) is 10.1. The van der Waals surface area contributed by atoms with E-state index in [9.17, 15) is 4.79 Å². The fourth-order valence-corrected chi connectivity index (χ4v) is 3.89. The quantitative estimate of drug-likeness (QED) is 0.515. The molecule has 0 aromatic heterocycles. The monoisotopic (exact) mass is 296 g/mol. The minimum absolute atomic E-state index is 0.305. The second-order valence-electron chi connectivity index (χ2n) is 7.44. The van der Waals surface area contributed by atoms with Crippen molar-refractivity contribution >= 4 is 5.78 Å². The largest absolute Gasteiger partial charge is 0.385 e. The third kappa shape index (κ3) is 6.95. The smallest absolute Gasteiger partial charge is 0.136 e. The molecule has 1 aliphatic carbocycles. The van der Waals surface area contributed by atoms with Crippen LogP contribution in [-0.2, 0) is 9.53 Å². The van der Waals surface area contributed by atoms with Crippen molar-refractivity contribution in [1.29, 1.82) is 0 Å². The fraction of sp³-hybridized carbons (Fsp3) is 0.947. The van der Waals surface area contributed by atoms with Gasteiger partial charge in [-0.1, -0.05) is 52.9 Å². The van der Waals surface area contributed by atoms with Crippen LogP contribution in [0.3, 0.4) is 0 Å². The van der Waals surface area contributed by atoms with Gasteiger partial charge in [0.15, 0.2) is 0 Å². The molecule has 0 amide bonds. The van der Waals surface area contributed by atoms with E-state index in [2.05, 4.69) is 20.8 Å². The Labute approximate surface area is 132 Å². The Bertz CT molecular complexity index is 285. The number of hydrogen-bond acceptors (Lipinski definition) is 2. The molecule has 0 aliphatic heterocycles. The first kappa shape index (κ1) is 18.7. The van der Waals surface area contributed by atoms with Gasteiger partial charge in [0.05, 0.1) is 0 Å². The average Bonchev–Trinajstić information content (AvgIpc) is 2.44. The van der Waals surface area contributed by atoms with E-state index in [1.165, 1.54) is 38.5 Å². The Morgan fingerprint density at radius 1 is 1.19 bits per heavy atom. The number of methoxy groups -OCH3 is 1. The maximum Gasteiger partial charge on any atom is 0.136 e. The van der Waals surface area contributed by atoms with E-state index >= 15 is 0 Å². The zero-order valence-electron chi connectivity index (χ0n) is 14.7. The Hall–Kier alpha value is -0.370. The predicted octanol–water partition coefficient (Wildman–Crippen LogP) is 5.25. The molecule has 21 heavy (non-hydrogen) atoms. The highest BCUT2D eigenvalue weighted by Gasteiger charge is 2.34. The van der Waals surface area contributed by atoms with Gasteiger partial charge in [-0.05, 0) is 37.0 Å². The summed E-state index contributed by atoms with van der Waals surface area (Å²) < 4.78 is 5.23. The van der Waals surface area contributed by atoms with Gasteiger partial charge in [-0.15, -0.1) is 0 Å². The fourth-order valence-electron chi connectivity index (χ4n) is 3.89. The van der Waals surface area contributed by atoms with Crippen LogP contribution in [0, 0.1) is 23.7 Å². The van der Waals surface area contributed by atoms with Crippen LogP contribution in [0.25, 0.3) is 0 Å².